The van der Waals surface area contributed by atoms with Gasteiger partial charge in [-0.15, -0.1) is 0 Å². The Hall–Kier alpha value is -4.07. The summed E-state index contributed by atoms with van der Waals surface area (Å²) >= 11 is 0. The van der Waals surface area contributed by atoms with Crippen LogP contribution in [0.5, 0.6) is 5.75 Å². The largest absolute Gasteiger partial charge is 0.501 e. The number of hydrogen-bond donors (Lipinski definition) is 2. The molecule has 0 heterocycles. The number of sulfone groups is 1. The lowest BCUT2D eigenvalue weighted by Gasteiger charge is -2.15. The highest BCUT2D eigenvalue weighted by molar-refractivity contribution is 7.92. The summed E-state index contributed by atoms with van der Waals surface area (Å²) in [6, 6.07) is 14.0. The van der Waals surface area contributed by atoms with E-state index in [4.69, 9.17) is 0 Å². The first kappa shape index (κ1) is 27.5. The fourth-order valence-corrected chi connectivity index (χ4v) is 3.80. The van der Waals surface area contributed by atoms with E-state index in [1.165, 1.54) is 42.5 Å². The van der Waals surface area contributed by atoms with Crippen molar-refractivity contribution in [3.05, 3.63) is 83.9 Å². The maximum absolute atomic E-state index is 12.8. The Morgan fingerprint density at radius 1 is 0.757 bits per heavy atom. The highest BCUT2D eigenvalue weighted by Crippen LogP contribution is 2.31. The number of ether oxygens (including phenoxy) is 1. The Morgan fingerprint density at radius 2 is 1.35 bits per heavy atom. The van der Waals surface area contributed by atoms with Crippen LogP contribution in [0.3, 0.4) is 0 Å². The number of nitrogens with one attached hydrogen (secondary N) is 2. The van der Waals surface area contributed by atoms with E-state index in [9.17, 15) is 44.3 Å². The maximum Gasteiger partial charge on any atom is 0.501 e. The quantitative estimate of drug-likeness (QED) is 0.385. The van der Waals surface area contributed by atoms with Gasteiger partial charge in [0.25, 0.3) is 21.7 Å². The van der Waals surface area contributed by atoms with Crippen molar-refractivity contribution in [1.29, 1.82) is 0 Å². The number of rotatable bonds is 7. The molecule has 0 spiro atoms. The second-order valence-corrected chi connectivity index (χ2v) is 9.27. The van der Waals surface area contributed by atoms with Crippen LogP contribution < -0.4 is 15.4 Å². The molecular formula is C23H16F6N2O5S. The first-order valence-electron chi connectivity index (χ1n) is 10.1. The molecule has 0 bridgehead atoms. The van der Waals surface area contributed by atoms with Gasteiger partial charge in [0.2, 0.25) is 0 Å². The molecule has 7 nitrogen and oxygen atoms in total. The number of carbonyl (C=O) groups excluding carboxylic acids is 2. The van der Waals surface area contributed by atoms with E-state index in [1.54, 1.807) is 0 Å². The van der Waals surface area contributed by atoms with Gasteiger partial charge >= 0.3 is 11.7 Å². The summed E-state index contributed by atoms with van der Waals surface area (Å²) in [5.41, 5.74) is -6.34. The van der Waals surface area contributed by atoms with E-state index in [-0.39, 0.29) is 28.3 Å². The molecule has 0 unspecified atom stereocenters. The predicted molar refractivity (Wildman–Crippen MR) is 120 cm³/mol. The van der Waals surface area contributed by atoms with Gasteiger partial charge in [0.05, 0.1) is 21.7 Å². The van der Waals surface area contributed by atoms with E-state index < -0.39 is 44.8 Å². The third-order valence-corrected chi connectivity index (χ3v) is 6.13. The maximum atomic E-state index is 12.8. The predicted octanol–water partition coefficient (Wildman–Crippen LogP) is 5.43. The Kier molecular flexibility index (Phi) is 7.81. The summed E-state index contributed by atoms with van der Waals surface area (Å²) in [6.45, 7) is -1.64. The van der Waals surface area contributed by atoms with E-state index in [0.717, 1.165) is 18.2 Å². The first-order chi connectivity index (χ1) is 17.2. The number of alkyl halides is 6. The third-order valence-electron chi connectivity index (χ3n) is 4.65. The van der Waals surface area contributed by atoms with Crippen LogP contribution in [-0.4, -0.2) is 38.5 Å². The van der Waals surface area contributed by atoms with Crippen LogP contribution >= 0.6 is 0 Å². The fourth-order valence-electron chi connectivity index (χ4n) is 2.99. The molecule has 0 saturated heterocycles. The van der Waals surface area contributed by atoms with Gasteiger partial charge in [0.15, 0.2) is 6.61 Å². The molecule has 3 rings (SSSR count). The number of para-hydroxylation sites is 2. The van der Waals surface area contributed by atoms with Crippen LogP contribution in [0.25, 0.3) is 0 Å². The lowest BCUT2D eigenvalue weighted by atomic mass is 10.1. The summed E-state index contributed by atoms with van der Waals surface area (Å²) in [4.78, 5) is 24.5. The van der Waals surface area contributed by atoms with Gasteiger partial charge in [-0.05, 0) is 42.5 Å². The number of amides is 2. The summed E-state index contributed by atoms with van der Waals surface area (Å²) in [7, 11) is -5.66. The smallest absolute Gasteiger partial charge is 0.483 e. The molecule has 14 heteroatoms. The zero-order chi connectivity index (χ0) is 27.4. The van der Waals surface area contributed by atoms with Crippen molar-refractivity contribution < 1.29 is 49.1 Å². The van der Waals surface area contributed by atoms with Gasteiger partial charge in [0, 0.05) is 5.69 Å². The van der Waals surface area contributed by atoms with Gasteiger partial charge in [-0.25, -0.2) is 8.42 Å². The van der Waals surface area contributed by atoms with E-state index >= 15 is 0 Å². The standard InChI is InChI=1S/C23H16F6N2O5S/c24-22(25,26)13-36-19-11-4-2-9-17(19)21(33)31-18-10-3-1-8-16(18)20(32)30-14-6-5-7-15(12-14)37(34,35)23(27,28)29/h1-12H,13H2,(H,30,32)(H,31,33). The molecule has 0 atom stereocenters. The molecule has 0 aliphatic carbocycles. The topological polar surface area (TPSA) is 102 Å². The Balaban J connectivity index is 1.83. The highest BCUT2D eigenvalue weighted by atomic mass is 32.2. The fraction of sp³-hybridized carbons (Fsp3) is 0.130. The number of anilines is 2. The molecule has 0 aliphatic rings. The average Bonchev–Trinajstić information content (AvgIpc) is 2.82. The monoisotopic (exact) mass is 546 g/mol. The lowest BCUT2D eigenvalue weighted by molar-refractivity contribution is -0.153. The Bertz CT molecular complexity index is 1420. The molecule has 0 fully saturated rings. The number of benzene rings is 3. The number of hydrogen-bond acceptors (Lipinski definition) is 5. The van der Waals surface area contributed by atoms with E-state index in [0.29, 0.717) is 12.1 Å². The van der Waals surface area contributed by atoms with Gasteiger partial charge in [0.1, 0.15) is 5.75 Å². The first-order valence-corrected chi connectivity index (χ1v) is 11.6. The van der Waals surface area contributed by atoms with Gasteiger partial charge in [-0.1, -0.05) is 30.3 Å². The minimum atomic E-state index is -5.66. The molecule has 0 aromatic heterocycles. The van der Waals surface area contributed by atoms with Crippen molar-refractivity contribution in [2.45, 2.75) is 16.6 Å². The molecule has 0 radical (unpaired) electrons. The van der Waals surface area contributed by atoms with Crippen LogP contribution in [0.4, 0.5) is 37.7 Å². The molecule has 0 saturated carbocycles. The second-order valence-electron chi connectivity index (χ2n) is 7.33. The Labute approximate surface area is 206 Å². The van der Waals surface area contributed by atoms with E-state index in [1.807, 2.05) is 0 Å². The van der Waals surface area contributed by atoms with Crippen molar-refractivity contribution in [3.63, 3.8) is 0 Å². The summed E-state index contributed by atoms with van der Waals surface area (Å²) in [5.74, 6) is -2.18. The number of halogens is 6. The summed E-state index contributed by atoms with van der Waals surface area (Å²) in [6.07, 6.45) is -4.65. The van der Waals surface area contributed by atoms with Crippen LogP contribution in [0.1, 0.15) is 20.7 Å². The SMILES string of the molecule is O=C(Nc1cccc(S(=O)(=O)C(F)(F)F)c1)c1ccccc1NC(=O)c1ccccc1OCC(F)(F)F. The van der Waals surface area contributed by atoms with Crippen molar-refractivity contribution in [3.8, 4) is 5.75 Å². The van der Waals surface area contributed by atoms with Crippen LogP contribution in [0.15, 0.2) is 77.7 Å². The minimum Gasteiger partial charge on any atom is -0.483 e. The molecule has 3 aromatic carbocycles. The van der Waals surface area contributed by atoms with Gasteiger partial charge in [-0.2, -0.15) is 26.3 Å². The molecule has 2 amide bonds. The van der Waals surface area contributed by atoms with Crippen LogP contribution in [0.2, 0.25) is 0 Å². The zero-order valence-corrected chi connectivity index (χ0v) is 19.2. The lowest BCUT2D eigenvalue weighted by Crippen LogP contribution is -2.23. The van der Waals surface area contributed by atoms with Crippen LogP contribution in [-0.2, 0) is 9.84 Å². The summed E-state index contributed by atoms with van der Waals surface area (Å²) < 4.78 is 104. The van der Waals surface area contributed by atoms with Gasteiger partial charge < -0.3 is 15.4 Å². The van der Waals surface area contributed by atoms with Crippen molar-refractivity contribution in [2.75, 3.05) is 17.2 Å². The molecular weight excluding hydrogens is 530 g/mol. The molecule has 37 heavy (non-hydrogen) atoms. The van der Waals surface area contributed by atoms with Crippen LogP contribution in [0, 0.1) is 0 Å². The van der Waals surface area contributed by atoms with Crippen molar-refractivity contribution >= 4 is 33.0 Å². The zero-order valence-electron chi connectivity index (χ0n) is 18.4. The average molecular weight is 546 g/mol. The molecule has 2 N–H and O–H groups in total. The highest BCUT2D eigenvalue weighted by Gasteiger charge is 2.46. The summed E-state index contributed by atoms with van der Waals surface area (Å²) in [5, 5.41) is 4.63. The Morgan fingerprint density at radius 3 is 2.00 bits per heavy atom. The van der Waals surface area contributed by atoms with E-state index in [2.05, 4.69) is 15.4 Å². The van der Waals surface area contributed by atoms with Gasteiger partial charge in [-0.3, -0.25) is 9.59 Å². The molecule has 0 aliphatic heterocycles. The molecule has 3 aromatic rings. The second kappa shape index (κ2) is 10.5. The third kappa shape index (κ3) is 6.78. The normalized spacial score (nSPS) is 12.1. The number of carbonyl (C=O) groups is 2. The minimum absolute atomic E-state index is 0.0882. The van der Waals surface area contributed by atoms with Crippen molar-refractivity contribution in [1.82, 2.24) is 0 Å². The molecule has 196 valence electrons. The van der Waals surface area contributed by atoms with Crippen molar-refractivity contribution in [2.24, 2.45) is 0 Å².